The molecule has 0 saturated heterocycles. The van der Waals surface area contributed by atoms with Crippen molar-refractivity contribution in [2.45, 2.75) is 39.2 Å². The molecule has 0 bridgehead atoms. The zero-order valence-electron chi connectivity index (χ0n) is 11.1. The molecule has 2 rings (SSSR count). The molecule has 18 heavy (non-hydrogen) atoms. The van der Waals surface area contributed by atoms with Crippen LogP contribution < -0.4 is 5.32 Å². The molecule has 5 nitrogen and oxygen atoms in total. The quantitative estimate of drug-likeness (QED) is 0.897. The zero-order chi connectivity index (χ0) is 13.1. The van der Waals surface area contributed by atoms with Gasteiger partial charge in [-0.3, -0.25) is 5.32 Å². The minimum absolute atomic E-state index is 0.0858. The van der Waals surface area contributed by atoms with Crippen molar-refractivity contribution in [1.29, 1.82) is 0 Å². The smallest absolute Gasteiger partial charge is 0.323 e. The van der Waals surface area contributed by atoms with Crippen molar-refractivity contribution in [3.05, 3.63) is 5.51 Å². The molecule has 1 aliphatic rings. The average Bonchev–Trinajstić information content (AvgIpc) is 2.81. The van der Waals surface area contributed by atoms with Gasteiger partial charge in [-0.25, -0.2) is 4.79 Å². The summed E-state index contributed by atoms with van der Waals surface area (Å²) in [5.41, 5.74) is 1.61. The van der Waals surface area contributed by atoms with Gasteiger partial charge < -0.3 is 4.90 Å². The topological polar surface area (TPSA) is 58.1 Å². The molecule has 6 heteroatoms. The van der Waals surface area contributed by atoms with Gasteiger partial charge in [-0.15, -0.1) is 10.2 Å². The standard InChI is InChI=1S/C12H20N4OS/c1-8-5-4-6-9(2)10(8)16(3)12(17)14-11-15-13-7-18-11/h7-10H,4-6H2,1-3H3,(H,14,15,17). The van der Waals surface area contributed by atoms with Crippen molar-refractivity contribution in [3.8, 4) is 0 Å². The first kappa shape index (κ1) is 13.3. The maximum atomic E-state index is 12.2. The molecule has 100 valence electrons. The van der Waals surface area contributed by atoms with Crippen LogP contribution in [0.1, 0.15) is 33.1 Å². The predicted octanol–water partition coefficient (Wildman–Crippen LogP) is 2.83. The molecule has 1 aromatic heterocycles. The summed E-state index contributed by atoms with van der Waals surface area (Å²) in [6.45, 7) is 4.46. The van der Waals surface area contributed by atoms with E-state index >= 15 is 0 Å². The van der Waals surface area contributed by atoms with E-state index in [0.717, 1.165) is 0 Å². The first-order valence-electron chi connectivity index (χ1n) is 6.39. The molecule has 2 amide bonds. The number of rotatable bonds is 2. The Balaban J connectivity index is 2.00. The summed E-state index contributed by atoms with van der Waals surface area (Å²) >= 11 is 1.34. The van der Waals surface area contributed by atoms with Gasteiger partial charge >= 0.3 is 6.03 Å². The number of hydrogen-bond donors (Lipinski definition) is 1. The number of carbonyl (C=O) groups is 1. The highest BCUT2D eigenvalue weighted by atomic mass is 32.1. The minimum Gasteiger partial charge on any atom is -0.324 e. The maximum absolute atomic E-state index is 12.2. The third kappa shape index (κ3) is 2.80. The second-order valence-corrected chi connectivity index (χ2v) is 5.99. The van der Waals surface area contributed by atoms with Crippen LogP contribution in [0.5, 0.6) is 0 Å². The Morgan fingerprint density at radius 2 is 2.11 bits per heavy atom. The summed E-state index contributed by atoms with van der Waals surface area (Å²) in [4.78, 5) is 14.0. The third-order valence-corrected chi connectivity index (χ3v) is 4.43. The average molecular weight is 268 g/mol. The Morgan fingerprint density at radius 1 is 1.44 bits per heavy atom. The molecule has 2 unspecified atom stereocenters. The number of carbonyl (C=O) groups excluding carboxylic acids is 1. The van der Waals surface area contributed by atoms with Crippen LogP contribution in [-0.4, -0.2) is 34.2 Å². The third-order valence-electron chi connectivity index (χ3n) is 3.83. The fourth-order valence-electron chi connectivity index (χ4n) is 2.97. The highest BCUT2D eigenvalue weighted by molar-refractivity contribution is 7.13. The first-order valence-corrected chi connectivity index (χ1v) is 7.27. The largest absolute Gasteiger partial charge is 0.324 e. The summed E-state index contributed by atoms with van der Waals surface area (Å²) in [6.07, 6.45) is 3.67. The fourth-order valence-corrected chi connectivity index (χ4v) is 3.40. The summed E-state index contributed by atoms with van der Waals surface area (Å²) in [7, 11) is 1.87. The number of nitrogens with zero attached hydrogens (tertiary/aromatic N) is 3. The Labute approximate surface area is 112 Å². The summed E-state index contributed by atoms with van der Waals surface area (Å²) < 4.78 is 0. The number of urea groups is 1. The molecule has 1 heterocycles. The first-order chi connectivity index (χ1) is 8.59. The molecule has 1 saturated carbocycles. The predicted molar refractivity (Wildman–Crippen MR) is 72.7 cm³/mol. The van der Waals surface area contributed by atoms with Gasteiger partial charge in [0, 0.05) is 13.1 Å². The van der Waals surface area contributed by atoms with E-state index in [0.29, 0.717) is 23.0 Å². The van der Waals surface area contributed by atoms with Gasteiger partial charge in [0.2, 0.25) is 5.13 Å². The van der Waals surface area contributed by atoms with Crippen LogP contribution in [0.25, 0.3) is 0 Å². The lowest BCUT2D eigenvalue weighted by atomic mass is 9.78. The number of amides is 2. The van der Waals surface area contributed by atoms with Crippen LogP contribution in [0.2, 0.25) is 0 Å². The van der Waals surface area contributed by atoms with E-state index in [-0.39, 0.29) is 6.03 Å². The highest BCUT2D eigenvalue weighted by Crippen LogP contribution is 2.32. The van der Waals surface area contributed by atoms with Crippen molar-refractivity contribution in [2.75, 3.05) is 12.4 Å². The second kappa shape index (κ2) is 5.65. The lowest BCUT2D eigenvalue weighted by Gasteiger charge is -2.40. The number of aromatic nitrogens is 2. The van der Waals surface area contributed by atoms with E-state index in [2.05, 4.69) is 29.4 Å². The zero-order valence-corrected chi connectivity index (χ0v) is 11.9. The van der Waals surface area contributed by atoms with Crippen LogP contribution >= 0.6 is 11.3 Å². The number of anilines is 1. The molecule has 1 N–H and O–H groups in total. The van der Waals surface area contributed by atoms with Crippen LogP contribution in [0.4, 0.5) is 9.93 Å². The summed E-state index contributed by atoms with van der Waals surface area (Å²) in [5.74, 6) is 1.11. The lowest BCUT2D eigenvalue weighted by Crippen LogP contribution is -2.48. The van der Waals surface area contributed by atoms with Gasteiger partial charge in [0.1, 0.15) is 5.51 Å². The van der Waals surface area contributed by atoms with Gasteiger partial charge in [-0.1, -0.05) is 31.6 Å². The molecule has 1 aromatic rings. The molecule has 0 radical (unpaired) electrons. The molecule has 1 aliphatic carbocycles. The van der Waals surface area contributed by atoms with Crippen LogP contribution in [0, 0.1) is 11.8 Å². The van der Waals surface area contributed by atoms with Gasteiger partial charge in [0.15, 0.2) is 0 Å². The lowest BCUT2D eigenvalue weighted by molar-refractivity contribution is 0.115. The van der Waals surface area contributed by atoms with E-state index in [1.54, 1.807) is 5.51 Å². The normalized spacial score (nSPS) is 27.8. The van der Waals surface area contributed by atoms with Crippen LogP contribution in [0.3, 0.4) is 0 Å². The fraction of sp³-hybridized carbons (Fsp3) is 0.750. The summed E-state index contributed by atoms with van der Waals surface area (Å²) in [6, 6.07) is 0.226. The monoisotopic (exact) mass is 268 g/mol. The highest BCUT2D eigenvalue weighted by Gasteiger charge is 2.33. The summed E-state index contributed by atoms with van der Waals surface area (Å²) in [5, 5.41) is 10.9. The molecular weight excluding hydrogens is 248 g/mol. The number of hydrogen-bond acceptors (Lipinski definition) is 4. The number of nitrogens with one attached hydrogen (secondary N) is 1. The maximum Gasteiger partial charge on any atom is 0.323 e. The van der Waals surface area contributed by atoms with Gasteiger partial charge in [-0.05, 0) is 24.7 Å². The van der Waals surface area contributed by atoms with Crippen molar-refractivity contribution in [1.82, 2.24) is 15.1 Å². The van der Waals surface area contributed by atoms with E-state index in [9.17, 15) is 4.79 Å². The Morgan fingerprint density at radius 3 is 2.67 bits per heavy atom. The Hall–Kier alpha value is -1.17. The molecule has 0 aliphatic heterocycles. The van der Waals surface area contributed by atoms with Crippen molar-refractivity contribution in [3.63, 3.8) is 0 Å². The van der Waals surface area contributed by atoms with E-state index in [1.165, 1.54) is 30.6 Å². The van der Waals surface area contributed by atoms with Crippen LogP contribution in [-0.2, 0) is 0 Å². The van der Waals surface area contributed by atoms with Gasteiger partial charge in [-0.2, -0.15) is 0 Å². The molecular formula is C12H20N4OS. The van der Waals surface area contributed by atoms with E-state index < -0.39 is 0 Å². The van der Waals surface area contributed by atoms with Crippen molar-refractivity contribution in [2.24, 2.45) is 11.8 Å². The van der Waals surface area contributed by atoms with E-state index in [4.69, 9.17) is 0 Å². The Bertz CT molecular complexity index is 385. The second-order valence-electron chi connectivity index (χ2n) is 5.16. The van der Waals surface area contributed by atoms with Crippen LogP contribution in [0.15, 0.2) is 5.51 Å². The molecule has 0 aromatic carbocycles. The van der Waals surface area contributed by atoms with Gasteiger partial charge in [0.05, 0.1) is 0 Å². The molecule has 1 fully saturated rings. The van der Waals surface area contributed by atoms with E-state index in [1.807, 2.05) is 11.9 Å². The molecule has 0 spiro atoms. The Kier molecular flexibility index (Phi) is 4.16. The van der Waals surface area contributed by atoms with Crippen molar-refractivity contribution >= 4 is 22.5 Å². The minimum atomic E-state index is -0.0858. The van der Waals surface area contributed by atoms with Crippen molar-refractivity contribution < 1.29 is 4.79 Å². The molecule has 2 atom stereocenters. The van der Waals surface area contributed by atoms with Gasteiger partial charge in [0.25, 0.3) is 0 Å². The SMILES string of the molecule is CC1CCCC(C)C1N(C)C(=O)Nc1nncs1.